The Hall–Kier alpha value is -3.31. The normalized spacial score (nSPS) is 11.2. The molecule has 3 rings (SSSR count). The van der Waals surface area contributed by atoms with Crippen LogP contribution in [0.3, 0.4) is 0 Å². The highest BCUT2D eigenvalue weighted by atomic mass is 127. The Morgan fingerprint density at radius 3 is 2.83 bits per heavy atom. The summed E-state index contributed by atoms with van der Waals surface area (Å²) in [6.45, 7) is 2.38. The number of rotatable bonds is 10. The van der Waals surface area contributed by atoms with Gasteiger partial charge in [-0.3, -0.25) is 4.79 Å². The van der Waals surface area contributed by atoms with Gasteiger partial charge in [0.25, 0.3) is 0 Å². The second-order valence-electron chi connectivity index (χ2n) is 7.07. The van der Waals surface area contributed by atoms with Gasteiger partial charge in [-0.25, -0.2) is 10.4 Å². The third-order valence-corrected chi connectivity index (χ3v) is 5.98. The van der Waals surface area contributed by atoms with Crippen LogP contribution in [0.5, 0.6) is 11.5 Å². The summed E-state index contributed by atoms with van der Waals surface area (Å²) in [7, 11) is 0. The van der Waals surface area contributed by atoms with E-state index < -0.39 is 17.6 Å². The SMILES string of the molecule is C#CCOc1c(I)cc(/C=N\NC(=O)Cc2csc(Nc3cccc(C(F)(F)F)c3)n2)cc1OCC. The van der Waals surface area contributed by atoms with E-state index in [1.54, 1.807) is 17.5 Å². The molecule has 0 atom stereocenters. The van der Waals surface area contributed by atoms with Crippen molar-refractivity contribution in [1.29, 1.82) is 0 Å². The monoisotopic (exact) mass is 628 g/mol. The van der Waals surface area contributed by atoms with Crippen LogP contribution in [0.25, 0.3) is 0 Å². The zero-order chi connectivity index (χ0) is 26.1. The van der Waals surface area contributed by atoms with E-state index in [0.29, 0.717) is 34.5 Å². The number of benzene rings is 2. The second-order valence-corrected chi connectivity index (χ2v) is 9.09. The predicted molar refractivity (Wildman–Crippen MR) is 141 cm³/mol. The Kier molecular flexibility index (Phi) is 9.54. The van der Waals surface area contributed by atoms with E-state index in [0.717, 1.165) is 15.7 Å². The number of halogens is 4. The fourth-order valence-corrected chi connectivity index (χ4v) is 4.42. The third kappa shape index (κ3) is 7.85. The number of terminal acetylenes is 1. The summed E-state index contributed by atoms with van der Waals surface area (Å²) < 4.78 is 50.6. The Bertz CT molecular complexity index is 1290. The molecule has 1 aromatic heterocycles. The lowest BCUT2D eigenvalue weighted by Gasteiger charge is -2.13. The first-order valence-corrected chi connectivity index (χ1v) is 12.4. The first kappa shape index (κ1) is 27.3. The molecular formula is C24H20F3IN4O3S. The number of alkyl halides is 3. The van der Waals surface area contributed by atoms with Crippen LogP contribution in [0, 0.1) is 15.9 Å². The summed E-state index contributed by atoms with van der Waals surface area (Å²) in [4.78, 5) is 16.5. The van der Waals surface area contributed by atoms with Crippen molar-refractivity contribution in [2.45, 2.75) is 19.5 Å². The molecule has 0 fully saturated rings. The van der Waals surface area contributed by atoms with Crippen molar-refractivity contribution in [1.82, 2.24) is 10.4 Å². The first-order valence-electron chi connectivity index (χ1n) is 10.4. The lowest BCUT2D eigenvalue weighted by Crippen LogP contribution is -2.20. The molecule has 1 amide bonds. The average molecular weight is 628 g/mol. The van der Waals surface area contributed by atoms with Crippen molar-refractivity contribution in [3.63, 3.8) is 0 Å². The quantitative estimate of drug-likeness (QED) is 0.132. The van der Waals surface area contributed by atoms with Crippen molar-refractivity contribution >= 4 is 56.9 Å². The number of carbonyl (C=O) groups is 1. The van der Waals surface area contributed by atoms with Crippen LogP contribution in [0.4, 0.5) is 24.0 Å². The van der Waals surface area contributed by atoms with Gasteiger partial charge in [0.15, 0.2) is 16.6 Å². The third-order valence-electron chi connectivity index (χ3n) is 4.37. The molecule has 188 valence electrons. The number of hydrogen-bond donors (Lipinski definition) is 2. The molecule has 0 bridgehead atoms. The number of nitrogens with one attached hydrogen (secondary N) is 2. The number of ether oxygens (including phenoxy) is 2. The lowest BCUT2D eigenvalue weighted by molar-refractivity contribution is -0.137. The zero-order valence-corrected chi connectivity index (χ0v) is 21.8. The van der Waals surface area contributed by atoms with E-state index in [-0.39, 0.29) is 18.7 Å². The fraction of sp³-hybridized carbons (Fsp3) is 0.208. The zero-order valence-electron chi connectivity index (χ0n) is 18.9. The molecule has 36 heavy (non-hydrogen) atoms. The second kappa shape index (κ2) is 12.6. The molecule has 0 aliphatic rings. The van der Waals surface area contributed by atoms with E-state index in [4.69, 9.17) is 15.9 Å². The molecule has 0 saturated heterocycles. The first-order chi connectivity index (χ1) is 17.2. The average Bonchev–Trinajstić information content (AvgIpc) is 3.25. The molecule has 7 nitrogen and oxygen atoms in total. The highest BCUT2D eigenvalue weighted by molar-refractivity contribution is 14.1. The molecule has 2 N–H and O–H groups in total. The summed E-state index contributed by atoms with van der Waals surface area (Å²) in [6, 6.07) is 8.32. The maximum atomic E-state index is 12.9. The summed E-state index contributed by atoms with van der Waals surface area (Å²) in [5, 5.41) is 8.81. The van der Waals surface area contributed by atoms with Crippen molar-refractivity contribution in [2.24, 2.45) is 5.10 Å². The summed E-state index contributed by atoms with van der Waals surface area (Å²) in [6.07, 6.45) is 2.23. The Labute approximate surface area is 223 Å². The predicted octanol–water partition coefficient (Wildman–Crippen LogP) is 5.61. The van der Waals surface area contributed by atoms with Gasteiger partial charge in [0.2, 0.25) is 5.91 Å². The molecule has 12 heteroatoms. The minimum atomic E-state index is -4.44. The van der Waals surface area contributed by atoms with Crippen LogP contribution in [-0.2, 0) is 17.4 Å². The Balaban J connectivity index is 1.59. The standard InChI is InChI=1S/C24H20F3IN4O3S/c1-3-8-35-22-19(28)9-15(10-20(22)34-4-2)13-29-32-21(33)12-18-14-36-23(31-18)30-17-7-5-6-16(11-17)24(25,26)27/h1,5-7,9-11,13-14H,4,8,12H2,2H3,(H,30,31)(H,32,33)/b29-13-. The minimum absolute atomic E-state index is 0.0568. The number of nitrogens with zero attached hydrogens (tertiary/aromatic N) is 2. The van der Waals surface area contributed by atoms with Gasteiger partial charge < -0.3 is 14.8 Å². The van der Waals surface area contributed by atoms with Gasteiger partial charge in [0.05, 0.1) is 34.1 Å². The van der Waals surface area contributed by atoms with Crippen molar-refractivity contribution < 1.29 is 27.4 Å². The Morgan fingerprint density at radius 2 is 2.11 bits per heavy atom. The van der Waals surface area contributed by atoms with Crippen molar-refractivity contribution in [2.75, 3.05) is 18.5 Å². The number of hydrogen-bond acceptors (Lipinski definition) is 7. The highest BCUT2D eigenvalue weighted by Gasteiger charge is 2.30. The highest BCUT2D eigenvalue weighted by Crippen LogP contribution is 2.34. The molecule has 3 aromatic rings. The van der Waals surface area contributed by atoms with Crippen LogP contribution < -0.4 is 20.2 Å². The minimum Gasteiger partial charge on any atom is -0.490 e. The number of amides is 1. The molecule has 1 heterocycles. The van der Waals surface area contributed by atoms with E-state index >= 15 is 0 Å². The number of hydrazone groups is 1. The molecule has 0 radical (unpaired) electrons. The maximum Gasteiger partial charge on any atom is 0.416 e. The number of anilines is 2. The van der Waals surface area contributed by atoms with Gasteiger partial charge in [-0.1, -0.05) is 12.0 Å². The molecule has 0 spiro atoms. The van der Waals surface area contributed by atoms with Gasteiger partial charge >= 0.3 is 6.18 Å². The maximum absolute atomic E-state index is 12.9. The van der Waals surface area contributed by atoms with Crippen molar-refractivity contribution in [3.8, 4) is 23.8 Å². The molecule has 0 unspecified atom stereocenters. The molecule has 0 aliphatic carbocycles. The molecule has 0 aliphatic heterocycles. The molecular weight excluding hydrogens is 608 g/mol. The van der Waals surface area contributed by atoms with Crippen molar-refractivity contribution in [3.05, 3.63) is 62.2 Å². The van der Waals surface area contributed by atoms with Gasteiger partial charge in [-0.2, -0.15) is 18.3 Å². The smallest absolute Gasteiger partial charge is 0.416 e. The van der Waals surface area contributed by atoms with Crippen LogP contribution >= 0.6 is 33.9 Å². The summed E-state index contributed by atoms with van der Waals surface area (Å²) in [5.41, 5.74) is 3.04. The van der Waals surface area contributed by atoms with Crippen LogP contribution in [0.2, 0.25) is 0 Å². The number of aromatic nitrogens is 1. The van der Waals surface area contributed by atoms with E-state index in [2.05, 4.69) is 49.3 Å². The van der Waals surface area contributed by atoms with Crippen LogP contribution in [0.15, 0.2) is 46.9 Å². The van der Waals surface area contributed by atoms with Gasteiger partial charge in [-0.05, 0) is 65.4 Å². The number of thiazole rings is 1. The van der Waals surface area contributed by atoms with E-state index in [9.17, 15) is 18.0 Å². The Morgan fingerprint density at radius 1 is 1.31 bits per heavy atom. The number of carbonyl (C=O) groups excluding carboxylic acids is 1. The van der Waals surface area contributed by atoms with Gasteiger partial charge in [-0.15, -0.1) is 17.8 Å². The van der Waals surface area contributed by atoms with Crippen LogP contribution in [0.1, 0.15) is 23.7 Å². The van der Waals surface area contributed by atoms with Gasteiger partial charge in [0, 0.05) is 11.1 Å². The van der Waals surface area contributed by atoms with E-state index in [1.807, 2.05) is 6.92 Å². The topological polar surface area (TPSA) is 84.8 Å². The summed E-state index contributed by atoms with van der Waals surface area (Å²) >= 11 is 3.27. The van der Waals surface area contributed by atoms with Crippen LogP contribution in [-0.4, -0.2) is 30.3 Å². The van der Waals surface area contributed by atoms with E-state index in [1.165, 1.54) is 29.7 Å². The lowest BCUT2D eigenvalue weighted by atomic mass is 10.2. The largest absolute Gasteiger partial charge is 0.490 e. The fourth-order valence-electron chi connectivity index (χ4n) is 2.90. The molecule has 0 saturated carbocycles. The van der Waals surface area contributed by atoms with Gasteiger partial charge in [0.1, 0.15) is 6.61 Å². The summed E-state index contributed by atoms with van der Waals surface area (Å²) in [5.74, 6) is 3.05. The molecule has 2 aromatic carbocycles.